The number of halogens is 4. The van der Waals surface area contributed by atoms with Gasteiger partial charge in [0.15, 0.2) is 5.69 Å². The maximum absolute atomic E-state index is 14.9. The van der Waals surface area contributed by atoms with Crippen LogP contribution in [0.5, 0.6) is 0 Å². The van der Waals surface area contributed by atoms with Crippen LogP contribution in [0.15, 0.2) is 53.3 Å². The van der Waals surface area contributed by atoms with E-state index in [0.717, 1.165) is 10.9 Å². The molecule has 164 valence electrons. The number of aryl methyl sites for hydroxylation is 1. The number of allylic oxidation sites excluding steroid dienone is 4. The Bertz CT molecular complexity index is 1070. The third-order valence-electron chi connectivity index (χ3n) is 4.84. The monoisotopic (exact) mass is 436 g/mol. The quantitative estimate of drug-likeness (QED) is 0.423. The number of hydrogen-bond acceptors (Lipinski definition) is 4. The molecule has 0 fully saturated rings. The lowest BCUT2D eigenvalue weighted by Gasteiger charge is -2.26. The fraction of sp³-hybridized carbons (Fsp3) is 0.286. The summed E-state index contributed by atoms with van der Waals surface area (Å²) in [5.41, 5.74) is -0.203. The number of alkyl halides is 4. The molecule has 1 amide bonds. The van der Waals surface area contributed by atoms with Crippen molar-refractivity contribution in [3.05, 3.63) is 65.0 Å². The number of benzene rings is 1. The zero-order valence-electron chi connectivity index (χ0n) is 16.9. The molecule has 10 heteroatoms. The molecule has 1 aliphatic carbocycles. The van der Waals surface area contributed by atoms with Gasteiger partial charge in [0.05, 0.1) is 11.8 Å². The first-order valence-electron chi connectivity index (χ1n) is 9.27. The van der Waals surface area contributed by atoms with Gasteiger partial charge in [-0.05, 0) is 11.6 Å². The average molecular weight is 436 g/mol. The number of carbonyl (C=O) groups excluding carboxylic acids is 1. The summed E-state index contributed by atoms with van der Waals surface area (Å²) < 4.78 is 55.4. The normalized spacial score (nSPS) is 19.2. The van der Waals surface area contributed by atoms with Crippen LogP contribution in [0, 0.1) is 5.92 Å². The Balaban J connectivity index is 1.95. The summed E-state index contributed by atoms with van der Waals surface area (Å²) in [5.74, 6) is -1.55. The first kappa shape index (κ1) is 22.3. The predicted octanol–water partition coefficient (Wildman–Crippen LogP) is 4.62. The van der Waals surface area contributed by atoms with Gasteiger partial charge in [0, 0.05) is 36.0 Å². The van der Waals surface area contributed by atoms with Crippen molar-refractivity contribution in [2.75, 3.05) is 12.4 Å². The predicted molar refractivity (Wildman–Crippen MR) is 108 cm³/mol. The molecule has 2 unspecified atom stereocenters. The minimum atomic E-state index is -4.78. The Morgan fingerprint density at radius 1 is 1.29 bits per heavy atom. The van der Waals surface area contributed by atoms with Crippen LogP contribution in [0.3, 0.4) is 0 Å². The second kappa shape index (κ2) is 8.75. The second-order valence-electron chi connectivity index (χ2n) is 6.96. The van der Waals surface area contributed by atoms with Crippen molar-refractivity contribution in [1.82, 2.24) is 9.78 Å². The van der Waals surface area contributed by atoms with E-state index in [4.69, 9.17) is 0 Å². The molecule has 1 aliphatic rings. The molecule has 0 saturated carbocycles. The Morgan fingerprint density at radius 3 is 2.68 bits per heavy atom. The molecule has 0 bridgehead atoms. The van der Waals surface area contributed by atoms with E-state index in [-0.39, 0.29) is 5.69 Å². The second-order valence-corrected chi connectivity index (χ2v) is 6.96. The molecule has 3 rings (SSSR count). The van der Waals surface area contributed by atoms with Crippen LogP contribution in [0.1, 0.15) is 28.5 Å². The Morgan fingerprint density at radius 2 is 2.00 bits per heavy atom. The number of carbonyl (C=O) groups is 1. The number of anilines is 1. The van der Waals surface area contributed by atoms with Gasteiger partial charge >= 0.3 is 6.18 Å². The number of aromatic nitrogens is 2. The van der Waals surface area contributed by atoms with Crippen molar-refractivity contribution in [2.24, 2.45) is 18.1 Å². The molecule has 0 radical (unpaired) electrons. The number of nitrogens with one attached hydrogen (secondary N) is 1. The SMILES string of the molecule is CO/N=C/C1=CC=C(c2ccccc2NC(=O)c2cn(C)nc2C(F)(F)F)C(C)C1F. The Hall–Kier alpha value is -3.43. The standard InChI is InChI=1S/C21H20F4N4O2/c1-12-14(9-8-13(18(12)22)10-26-31-3)15-6-4-5-7-17(15)27-20(30)16-11-29(2)28-19(16)21(23,24)25/h4-12,18H,1-3H3,(H,27,30)/b26-10+. The minimum absolute atomic E-state index is 0.261. The topological polar surface area (TPSA) is 68.5 Å². The largest absolute Gasteiger partial charge is 0.435 e. The highest BCUT2D eigenvalue weighted by atomic mass is 19.4. The zero-order valence-corrected chi connectivity index (χ0v) is 16.9. The number of para-hydroxylation sites is 1. The summed E-state index contributed by atoms with van der Waals surface area (Å²) in [6, 6.07) is 6.53. The van der Waals surface area contributed by atoms with Crippen LogP contribution in [0.25, 0.3) is 5.57 Å². The van der Waals surface area contributed by atoms with Crippen molar-refractivity contribution in [3.8, 4) is 0 Å². The van der Waals surface area contributed by atoms with E-state index in [1.54, 1.807) is 43.3 Å². The highest BCUT2D eigenvalue weighted by Gasteiger charge is 2.39. The van der Waals surface area contributed by atoms with Gasteiger partial charge in [0.1, 0.15) is 13.3 Å². The highest BCUT2D eigenvalue weighted by Crippen LogP contribution is 2.37. The van der Waals surface area contributed by atoms with Gasteiger partial charge in [0.2, 0.25) is 0 Å². The van der Waals surface area contributed by atoms with Gasteiger partial charge in [-0.2, -0.15) is 18.3 Å². The van der Waals surface area contributed by atoms with Gasteiger partial charge in [-0.1, -0.05) is 42.4 Å². The van der Waals surface area contributed by atoms with Gasteiger partial charge < -0.3 is 10.2 Å². The maximum atomic E-state index is 14.9. The van der Waals surface area contributed by atoms with Crippen molar-refractivity contribution in [3.63, 3.8) is 0 Å². The van der Waals surface area contributed by atoms with Crippen LogP contribution < -0.4 is 5.32 Å². The summed E-state index contributed by atoms with van der Waals surface area (Å²) in [7, 11) is 2.65. The lowest BCUT2D eigenvalue weighted by atomic mass is 9.83. The Labute approximate surface area is 175 Å². The Kier molecular flexibility index (Phi) is 6.28. The summed E-state index contributed by atoms with van der Waals surface area (Å²) in [6.07, 6.45) is -0.635. The average Bonchev–Trinajstić information content (AvgIpc) is 3.12. The fourth-order valence-electron chi connectivity index (χ4n) is 3.34. The van der Waals surface area contributed by atoms with Crippen molar-refractivity contribution in [1.29, 1.82) is 0 Å². The molecule has 1 heterocycles. The smallest absolute Gasteiger partial charge is 0.399 e. The first-order valence-corrected chi connectivity index (χ1v) is 9.27. The zero-order chi connectivity index (χ0) is 22.8. The van der Waals surface area contributed by atoms with Gasteiger partial charge in [-0.3, -0.25) is 9.48 Å². The van der Waals surface area contributed by atoms with Gasteiger partial charge in [-0.15, -0.1) is 0 Å². The number of amides is 1. The lowest BCUT2D eigenvalue weighted by molar-refractivity contribution is -0.141. The third kappa shape index (κ3) is 4.68. The van der Waals surface area contributed by atoms with Gasteiger partial charge in [-0.25, -0.2) is 4.39 Å². The van der Waals surface area contributed by atoms with Crippen LogP contribution in [0.4, 0.5) is 23.2 Å². The fourth-order valence-corrected chi connectivity index (χ4v) is 3.34. The molecule has 2 atom stereocenters. The molecule has 1 aromatic heterocycles. The lowest BCUT2D eigenvalue weighted by Crippen LogP contribution is -2.22. The molecule has 0 saturated heterocycles. The number of nitrogens with zero attached hydrogens (tertiary/aromatic N) is 3. The van der Waals surface area contributed by atoms with E-state index in [0.29, 0.717) is 16.7 Å². The molecule has 0 spiro atoms. The molecule has 1 aromatic carbocycles. The van der Waals surface area contributed by atoms with Crippen molar-refractivity contribution < 1.29 is 27.2 Å². The summed E-state index contributed by atoms with van der Waals surface area (Å²) >= 11 is 0. The van der Waals surface area contributed by atoms with Crippen LogP contribution >= 0.6 is 0 Å². The summed E-state index contributed by atoms with van der Waals surface area (Å²) in [4.78, 5) is 17.2. The maximum Gasteiger partial charge on any atom is 0.435 e. The van der Waals surface area contributed by atoms with E-state index in [1.807, 2.05) is 0 Å². The number of rotatable bonds is 5. The van der Waals surface area contributed by atoms with Crippen LogP contribution in [-0.2, 0) is 18.1 Å². The van der Waals surface area contributed by atoms with E-state index in [9.17, 15) is 22.4 Å². The summed E-state index contributed by atoms with van der Waals surface area (Å²) in [6.45, 7) is 1.67. The van der Waals surface area contributed by atoms with Crippen molar-refractivity contribution in [2.45, 2.75) is 19.3 Å². The minimum Gasteiger partial charge on any atom is -0.399 e. The van der Waals surface area contributed by atoms with E-state index in [2.05, 4.69) is 20.4 Å². The molecule has 1 N–H and O–H groups in total. The molecule has 31 heavy (non-hydrogen) atoms. The third-order valence-corrected chi connectivity index (χ3v) is 4.84. The van der Waals surface area contributed by atoms with Crippen LogP contribution in [0.2, 0.25) is 0 Å². The molecular formula is C21H20F4N4O2. The van der Waals surface area contributed by atoms with E-state index < -0.39 is 35.4 Å². The summed E-state index contributed by atoms with van der Waals surface area (Å²) in [5, 5.41) is 9.44. The first-order chi connectivity index (χ1) is 14.6. The number of hydrogen-bond donors (Lipinski definition) is 1. The highest BCUT2D eigenvalue weighted by molar-refractivity contribution is 6.06. The van der Waals surface area contributed by atoms with Crippen molar-refractivity contribution >= 4 is 23.4 Å². The molecule has 0 aliphatic heterocycles. The molecule has 2 aromatic rings. The molecular weight excluding hydrogens is 416 g/mol. The molecule has 6 nitrogen and oxygen atoms in total. The van der Waals surface area contributed by atoms with E-state index in [1.165, 1.54) is 20.4 Å². The van der Waals surface area contributed by atoms with Crippen LogP contribution in [-0.4, -0.2) is 35.2 Å². The van der Waals surface area contributed by atoms with Gasteiger partial charge in [0.25, 0.3) is 5.91 Å². The number of oxime groups is 1. The van der Waals surface area contributed by atoms with E-state index >= 15 is 0 Å².